The predicted molar refractivity (Wildman–Crippen MR) is 90.0 cm³/mol. The van der Waals surface area contributed by atoms with Crippen molar-refractivity contribution in [3.05, 3.63) is 56.7 Å². The monoisotopic (exact) mass is 380 g/mol. The lowest BCUT2D eigenvalue weighted by molar-refractivity contribution is 0.0600. The highest BCUT2D eigenvalue weighted by atomic mass is 127. The molecule has 2 rings (SSSR count). The Morgan fingerprint density at radius 3 is 2.50 bits per heavy atom. The van der Waals surface area contributed by atoms with E-state index in [4.69, 9.17) is 4.74 Å². The van der Waals surface area contributed by atoms with E-state index in [0.717, 1.165) is 17.5 Å². The highest BCUT2D eigenvalue weighted by Crippen LogP contribution is 2.27. The van der Waals surface area contributed by atoms with Gasteiger partial charge in [0.15, 0.2) is 0 Å². The minimum atomic E-state index is -0.296. The lowest BCUT2D eigenvalue weighted by atomic mass is 9.97. The second-order valence-electron chi connectivity index (χ2n) is 4.68. The van der Waals surface area contributed by atoms with E-state index in [1.807, 2.05) is 25.1 Å². The summed E-state index contributed by atoms with van der Waals surface area (Å²) in [7, 11) is 1.40. The van der Waals surface area contributed by atoms with Gasteiger partial charge in [-0.25, -0.2) is 4.79 Å². The summed E-state index contributed by atoms with van der Waals surface area (Å²) in [5, 5.41) is 0. The molecule has 0 spiro atoms. The fraction of sp³-hybridized carbons (Fsp3) is 0.235. The van der Waals surface area contributed by atoms with E-state index in [1.54, 1.807) is 0 Å². The van der Waals surface area contributed by atoms with Crippen molar-refractivity contribution in [3.8, 4) is 11.1 Å². The largest absolute Gasteiger partial charge is 0.465 e. The zero-order valence-electron chi connectivity index (χ0n) is 11.9. The first kappa shape index (κ1) is 15.0. The molecule has 0 saturated carbocycles. The topological polar surface area (TPSA) is 26.3 Å². The molecule has 0 heterocycles. The molecule has 0 atom stereocenters. The maximum atomic E-state index is 11.5. The van der Waals surface area contributed by atoms with Crippen LogP contribution in [-0.2, 0) is 11.2 Å². The molecule has 20 heavy (non-hydrogen) atoms. The predicted octanol–water partition coefficient (Wildman–Crippen LogP) is 4.62. The third-order valence-corrected chi connectivity index (χ3v) is 4.40. The molecule has 0 saturated heterocycles. The van der Waals surface area contributed by atoms with Crippen LogP contribution in [0.1, 0.15) is 28.4 Å². The number of ether oxygens (including phenoxy) is 1. The second-order valence-corrected chi connectivity index (χ2v) is 5.84. The SMILES string of the molecule is CCc1ccc(-c2ccc(C(=O)OC)cc2C)cc1I. The summed E-state index contributed by atoms with van der Waals surface area (Å²) in [4.78, 5) is 11.5. The van der Waals surface area contributed by atoms with E-state index < -0.39 is 0 Å². The standard InChI is InChI=1S/C17H17IO2/c1-4-12-5-6-13(10-16(12)18)15-8-7-14(9-11(15)2)17(19)20-3/h5-10H,4H2,1-3H3. The third kappa shape index (κ3) is 3.03. The van der Waals surface area contributed by atoms with Crippen LogP contribution >= 0.6 is 22.6 Å². The first-order chi connectivity index (χ1) is 9.56. The second kappa shape index (κ2) is 6.39. The quantitative estimate of drug-likeness (QED) is 0.574. The lowest BCUT2D eigenvalue weighted by Gasteiger charge is -2.10. The summed E-state index contributed by atoms with van der Waals surface area (Å²) in [6.45, 7) is 4.18. The van der Waals surface area contributed by atoms with E-state index in [9.17, 15) is 4.79 Å². The summed E-state index contributed by atoms with van der Waals surface area (Å²) in [6, 6.07) is 12.2. The van der Waals surface area contributed by atoms with Gasteiger partial charge in [0.1, 0.15) is 0 Å². The summed E-state index contributed by atoms with van der Waals surface area (Å²) >= 11 is 2.37. The first-order valence-electron chi connectivity index (χ1n) is 6.54. The van der Waals surface area contributed by atoms with Crippen LogP contribution in [0.5, 0.6) is 0 Å². The Bertz CT molecular complexity index is 647. The minimum Gasteiger partial charge on any atom is -0.465 e. The molecule has 3 heteroatoms. The summed E-state index contributed by atoms with van der Waals surface area (Å²) in [5.41, 5.74) is 5.36. The third-order valence-electron chi connectivity index (χ3n) is 3.39. The van der Waals surface area contributed by atoms with Crippen LogP contribution in [0.2, 0.25) is 0 Å². The van der Waals surface area contributed by atoms with Crippen molar-refractivity contribution in [2.75, 3.05) is 7.11 Å². The van der Waals surface area contributed by atoms with Crippen molar-refractivity contribution in [2.24, 2.45) is 0 Å². The number of hydrogen-bond acceptors (Lipinski definition) is 2. The van der Waals surface area contributed by atoms with Crippen molar-refractivity contribution in [2.45, 2.75) is 20.3 Å². The number of halogens is 1. The van der Waals surface area contributed by atoms with Gasteiger partial charge in [0.25, 0.3) is 0 Å². The Morgan fingerprint density at radius 1 is 1.20 bits per heavy atom. The molecule has 0 radical (unpaired) electrons. The van der Waals surface area contributed by atoms with E-state index in [0.29, 0.717) is 5.56 Å². The van der Waals surface area contributed by atoms with Gasteiger partial charge in [0.2, 0.25) is 0 Å². The molecule has 2 aromatic carbocycles. The van der Waals surface area contributed by atoms with Crippen LogP contribution in [0.15, 0.2) is 36.4 Å². The maximum Gasteiger partial charge on any atom is 0.337 e. The number of carbonyl (C=O) groups excluding carboxylic acids is 1. The van der Waals surface area contributed by atoms with E-state index in [-0.39, 0.29) is 5.97 Å². The molecule has 2 nitrogen and oxygen atoms in total. The fourth-order valence-corrected chi connectivity index (χ4v) is 3.13. The van der Waals surface area contributed by atoms with Crippen molar-refractivity contribution in [1.82, 2.24) is 0 Å². The zero-order valence-corrected chi connectivity index (χ0v) is 14.0. The number of esters is 1. The molecule has 2 aromatic rings. The van der Waals surface area contributed by atoms with Crippen LogP contribution < -0.4 is 0 Å². The summed E-state index contributed by atoms with van der Waals surface area (Å²) in [6.07, 6.45) is 1.04. The average molecular weight is 380 g/mol. The van der Waals surface area contributed by atoms with Crippen LogP contribution in [0.4, 0.5) is 0 Å². The molecule has 0 aromatic heterocycles. The molecular weight excluding hydrogens is 363 g/mol. The Balaban J connectivity index is 2.43. The van der Waals surface area contributed by atoms with Gasteiger partial charge in [0, 0.05) is 3.57 Å². The smallest absolute Gasteiger partial charge is 0.337 e. The van der Waals surface area contributed by atoms with Crippen LogP contribution in [0.3, 0.4) is 0 Å². The van der Waals surface area contributed by atoms with Crippen LogP contribution in [-0.4, -0.2) is 13.1 Å². The molecule has 0 amide bonds. The maximum absolute atomic E-state index is 11.5. The molecule has 0 aliphatic rings. The molecule has 0 fully saturated rings. The molecular formula is C17H17IO2. The molecule has 0 N–H and O–H groups in total. The van der Waals surface area contributed by atoms with Gasteiger partial charge >= 0.3 is 5.97 Å². The number of aryl methyl sites for hydroxylation is 2. The molecule has 104 valence electrons. The Kier molecular flexibility index (Phi) is 4.81. The van der Waals surface area contributed by atoms with Crippen molar-refractivity contribution < 1.29 is 9.53 Å². The molecule has 0 bridgehead atoms. The van der Waals surface area contributed by atoms with Gasteiger partial charge in [-0.05, 0) is 76.4 Å². The number of rotatable bonds is 3. The van der Waals surface area contributed by atoms with Gasteiger partial charge in [-0.2, -0.15) is 0 Å². The molecule has 0 unspecified atom stereocenters. The minimum absolute atomic E-state index is 0.296. The van der Waals surface area contributed by atoms with E-state index in [2.05, 4.69) is 47.7 Å². The van der Waals surface area contributed by atoms with Gasteiger partial charge in [0.05, 0.1) is 12.7 Å². The van der Waals surface area contributed by atoms with Crippen molar-refractivity contribution >= 4 is 28.6 Å². The summed E-state index contributed by atoms with van der Waals surface area (Å²) < 4.78 is 6.02. The highest BCUT2D eigenvalue weighted by Gasteiger charge is 2.09. The average Bonchev–Trinajstić information content (AvgIpc) is 2.46. The van der Waals surface area contributed by atoms with Gasteiger partial charge < -0.3 is 4.74 Å². The van der Waals surface area contributed by atoms with Crippen LogP contribution in [0, 0.1) is 10.5 Å². The first-order valence-corrected chi connectivity index (χ1v) is 7.62. The number of hydrogen-bond donors (Lipinski definition) is 0. The number of benzene rings is 2. The summed E-state index contributed by atoms with van der Waals surface area (Å²) in [5.74, 6) is -0.296. The van der Waals surface area contributed by atoms with Crippen molar-refractivity contribution in [1.29, 1.82) is 0 Å². The lowest BCUT2D eigenvalue weighted by Crippen LogP contribution is -2.01. The Morgan fingerprint density at radius 2 is 1.95 bits per heavy atom. The number of methoxy groups -OCH3 is 1. The fourth-order valence-electron chi connectivity index (χ4n) is 2.23. The van der Waals surface area contributed by atoms with E-state index >= 15 is 0 Å². The molecule has 0 aliphatic heterocycles. The Hall–Kier alpha value is -1.36. The van der Waals surface area contributed by atoms with Gasteiger partial charge in [-0.15, -0.1) is 0 Å². The van der Waals surface area contributed by atoms with Gasteiger partial charge in [-0.1, -0.05) is 25.1 Å². The van der Waals surface area contributed by atoms with Crippen molar-refractivity contribution in [3.63, 3.8) is 0 Å². The van der Waals surface area contributed by atoms with Gasteiger partial charge in [-0.3, -0.25) is 0 Å². The van der Waals surface area contributed by atoms with E-state index in [1.165, 1.54) is 21.8 Å². The molecule has 0 aliphatic carbocycles. The van der Waals surface area contributed by atoms with Crippen LogP contribution in [0.25, 0.3) is 11.1 Å². The Labute approximate surface area is 133 Å². The number of carbonyl (C=O) groups is 1. The highest BCUT2D eigenvalue weighted by molar-refractivity contribution is 14.1. The normalized spacial score (nSPS) is 10.4. The zero-order chi connectivity index (χ0) is 14.7.